The van der Waals surface area contributed by atoms with Crippen molar-refractivity contribution in [1.82, 2.24) is 20.4 Å². The van der Waals surface area contributed by atoms with Gasteiger partial charge in [0.1, 0.15) is 5.56 Å². The zero-order valence-electron chi connectivity index (χ0n) is 18.7. The largest absolute Gasteiger partial charge is 0.477 e. The van der Waals surface area contributed by atoms with E-state index in [1.54, 1.807) is 6.20 Å². The molecule has 174 valence electrons. The van der Waals surface area contributed by atoms with Gasteiger partial charge in [0.2, 0.25) is 5.88 Å². The molecule has 0 spiro atoms. The van der Waals surface area contributed by atoms with Crippen molar-refractivity contribution in [3.05, 3.63) is 11.8 Å². The van der Waals surface area contributed by atoms with Gasteiger partial charge in [-0.2, -0.15) is 5.10 Å². The average Bonchev–Trinajstić information content (AvgIpc) is 3.40. The summed E-state index contributed by atoms with van der Waals surface area (Å²) in [4.78, 5) is 13.3. The monoisotopic (exact) mass is 452 g/mol. The van der Waals surface area contributed by atoms with Crippen LogP contribution in [0.15, 0.2) is 6.20 Å². The number of carbonyl (C=O) groups is 1. The van der Waals surface area contributed by atoms with Crippen LogP contribution in [0.25, 0.3) is 0 Å². The molecule has 5 saturated carbocycles. The summed E-state index contributed by atoms with van der Waals surface area (Å²) < 4.78 is 7.88. The number of nitrogens with zero attached hydrogens (tertiary/aromatic N) is 2. The molecule has 4 bridgehead atoms. The normalized spacial score (nSPS) is 33.4. The van der Waals surface area contributed by atoms with E-state index in [4.69, 9.17) is 4.74 Å². The fourth-order valence-corrected chi connectivity index (χ4v) is 6.20. The maximum atomic E-state index is 13.3. The van der Waals surface area contributed by atoms with Gasteiger partial charge in [0, 0.05) is 18.6 Å². The van der Waals surface area contributed by atoms with Crippen LogP contribution in [0.1, 0.15) is 69.2 Å². The lowest BCUT2D eigenvalue weighted by Crippen LogP contribution is -2.61. The Hall–Kier alpha value is -1.31. The zero-order chi connectivity index (χ0) is 20.9. The molecular weight excluding hydrogens is 416 g/mol. The van der Waals surface area contributed by atoms with Crippen LogP contribution < -0.4 is 15.4 Å². The third-order valence-corrected chi connectivity index (χ3v) is 7.46. The first-order valence-electron chi connectivity index (χ1n) is 11.9. The summed E-state index contributed by atoms with van der Waals surface area (Å²) in [5.74, 6) is 2.29. The van der Waals surface area contributed by atoms with Crippen molar-refractivity contribution in [2.75, 3.05) is 13.2 Å². The van der Waals surface area contributed by atoms with E-state index in [9.17, 15) is 9.90 Å². The molecule has 2 unspecified atom stereocenters. The molecule has 5 fully saturated rings. The van der Waals surface area contributed by atoms with Crippen molar-refractivity contribution in [3.8, 4) is 5.88 Å². The first kappa shape index (κ1) is 22.9. The average molecular weight is 453 g/mol. The lowest BCUT2D eigenvalue weighted by atomic mass is 9.52. The molecule has 0 aliphatic heterocycles. The molecule has 6 rings (SSSR count). The van der Waals surface area contributed by atoms with E-state index in [0.29, 0.717) is 54.3 Å². The lowest BCUT2D eigenvalue weighted by Gasteiger charge is -2.58. The maximum Gasteiger partial charge on any atom is 0.258 e. The van der Waals surface area contributed by atoms with Gasteiger partial charge in [-0.05, 0) is 68.6 Å². The second kappa shape index (κ2) is 8.91. The Kier molecular flexibility index (Phi) is 6.57. The van der Waals surface area contributed by atoms with Crippen molar-refractivity contribution >= 4 is 18.3 Å². The second-order valence-corrected chi connectivity index (χ2v) is 10.7. The molecule has 31 heavy (non-hydrogen) atoms. The summed E-state index contributed by atoms with van der Waals surface area (Å²) in [5, 5.41) is 22.1. The Morgan fingerprint density at radius 2 is 2.00 bits per heavy atom. The molecular formula is C23H37ClN4O3. The highest BCUT2D eigenvalue weighted by atomic mass is 35.5. The smallest absolute Gasteiger partial charge is 0.258 e. The van der Waals surface area contributed by atoms with Crippen LogP contribution in [-0.2, 0) is 6.54 Å². The van der Waals surface area contributed by atoms with Crippen LogP contribution in [0.4, 0.5) is 0 Å². The van der Waals surface area contributed by atoms with Crippen molar-refractivity contribution in [2.45, 2.75) is 83.0 Å². The maximum absolute atomic E-state index is 13.3. The van der Waals surface area contributed by atoms with Crippen LogP contribution in [0.5, 0.6) is 5.88 Å². The number of amides is 1. The summed E-state index contributed by atoms with van der Waals surface area (Å²) in [6.45, 7) is 6.30. The molecule has 0 saturated heterocycles. The molecule has 1 aromatic rings. The molecule has 5 aliphatic rings. The number of aliphatic hydroxyl groups is 1. The highest BCUT2D eigenvalue weighted by Crippen LogP contribution is 2.55. The van der Waals surface area contributed by atoms with E-state index >= 15 is 0 Å². The van der Waals surface area contributed by atoms with E-state index in [0.717, 1.165) is 38.6 Å². The van der Waals surface area contributed by atoms with E-state index in [1.165, 1.54) is 12.8 Å². The molecule has 0 aromatic carbocycles. The first-order valence-corrected chi connectivity index (χ1v) is 11.9. The van der Waals surface area contributed by atoms with Crippen LogP contribution in [0.3, 0.4) is 0 Å². The highest BCUT2D eigenvalue weighted by molar-refractivity contribution is 5.96. The molecule has 2 atom stereocenters. The van der Waals surface area contributed by atoms with Gasteiger partial charge in [-0.3, -0.25) is 4.79 Å². The Morgan fingerprint density at radius 3 is 2.61 bits per heavy atom. The van der Waals surface area contributed by atoms with Crippen LogP contribution in [0.2, 0.25) is 0 Å². The summed E-state index contributed by atoms with van der Waals surface area (Å²) >= 11 is 0. The first-order chi connectivity index (χ1) is 14.4. The fourth-order valence-electron chi connectivity index (χ4n) is 6.20. The summed E-state index contributed by atoms with van der Waals surface area (Å²) in [7, 11) is 0. The van der Waals surface area contributed by atoms with Crippen LogP contribution in [-0.4, -0.2) is 51.6 Å². The Morgan fingerprint density at radius 1 is 1.29 bits per heavy atom. The number of hydrogen-bond donors (Lipinski definition) is 3. The van der Waals surface area contributed by atoms with Crippen molar-refractivity contribution < 1.29 is 14.6 Å². The van der Waals surface area contributed by atoms with E-state index in [1.807, 2.05) is 4.68 Å². The number of carbonyl (C=O) groups excluding carboxylic acids is 1. The van der Waals surface area contributed by atoms with Gasteiger partial charge in [-0.25, -0.2) is 4.68 Å². The lowest BCUT2D eigenvalue weighted by molar-refractivity contribution is -0.136. The third-order valence-electron chi connectivity index (χ3n) is 7.46. The molecule has 1 heterocycles. The zero-order valence-corrected chi connectivity index (χ0v) is 19.5. The fraction of sp³-hybridized carbons (Fsp3) is 0.826. The van der Waals surface area contributed by atoms with Gasteiger partial charge in [0.25, 0.3) is 5.91 Å². The topological polar surface area (TPSA) is 88.4 Å². The quantitative estimate of drug-likeness (QED) is 0.536. The number of aromatic nitrogens is 2. The molecule has 1 amide bonds. The minimum atomic E-state index is -0.483. The van der Waals surface area contributed by atoms with Gasteiger partial charge in [-0.1, -0.05) is 13.8 Å². The number of ether oxygens (including phenoxy) is 1. The van der Waals surface area contributed by atoms with Crippen molar-refractivity contribution in [3.63, 3.8) is 0 Å². The Bertz CT molecular complexity index is 778. The van der Waals surface area contributed by atoms with E-state index < -0.39 is 5.60 Å². The van der Waals surface area contributed by atoms with E-state index in [2.05, 4.69) is 29.6 Å². The highest BCUT2D eigenvalue weighted by Gasteiger charge is 2.55. The predicted octanol–water partition coefficient (Wildman–Crippen LogP) is 2.76. The summed E-state index contributed by atoms with van der Waals surface area (Å²) in [6, 6.07) is 0.808. The number of rotatable bonds is 9. The minimum Gasteiger partial charge on any atom is -0.477 e. The third kappa shape index (κ3) is 4.88. The van der Waals surface area contributed by atoms with Gasteiger partial charge in [0.05, 0.1) is 24.9 Å². The van der Waals surface area contributed by atoms with Crippen molar-refractivity contribution in [2.24, 2.45) is 23.7 Å². The number of halogens is 1. The molecule has 7 nitrogen and oxygen atoms in total. The van der Waals surface area contributed by atoms with Gasteiger partial charge >= 0.3 is 0 Å². The second-order valence-electron chi connectivity index (χ2n) is 10.7. The summed E-state index contributed by atoms with van der Waals surface area (Å²) in [5.41, 5.74) is 0.0532. The summed E-state index contributed by atoms with van der Waals surface area (Å²) in [6.07, 6.45) is 9.04. The Balaban J connectivity index is 0.00000231. The van der Waals surface area contributed by atoms with Gasteiger partial charge in [0.15, 0.2) is 0 Å². The standard InChI is InChI=1S/C23H36N4O3.ClH/c1-14(2)13-30-22-19(12-25-27(22)6-5-24-18-3-4-18)21(28)26-20-16-7-15-8-17(20)11-23(29,9-15)10-16;/h12,14-18,20,24,29H,3-11,13H2,1-2H3,(H,26,28);1H. The molecule has 1 aromatic heterocycles. The van der Waals surface area contributed by atoms with E-state index in [-0.39, 0.29) is 24.4 Å². The molecule has 0 radical (unpaired) electrons. The SMILES string of the molecule is CC(C)COc1c(C(=O)NC2C3CC4CC2CC(O)(C4)C3)cnn1CCNC1CC1.Cl. The van der Waals surface area contributed by atoms with Gasteiger partial charge < -0.3 is 20.5 Å². The molecule has 5 aliphatic carbocycles. The molecule has 3 N–H and O–H groups in total. The minimum absolute atomic E-state index is 0. The Labute approximate surface area is 191 Å². The van der Waals surface area contributed by atoms with Crippen molar-refractivity contribution in [1.29, 1.82) is 0 Å². The molecule has 8 heteroatoms. The van der Waals surface area contributed by atoms with Crippen LogP contribution in [0, 0.1) is 23.7 Å². The number of nitrogens with one attached hydrogen (secondary N) is 2. The predicted molar refractivity (Wildman–Crippen MR) is 121 cm³/mol. The van der Waals surface area contributed by atoms with Gasteiger partial charge in [-0.15, -0.1) is 12.4 Å². The van der Waals surface area contributed by atoms with Crippen LogP contribution >= 0.6 is 12.4 Å². The number of hydrogen-bond acceptors (Lipinski definition) is 5.